The molecule has 21 heavy (non-hydrogen) atoms. The predicted molar refractivity (Wildman–Crippen MR) is 87.4 cm³/mol. The molecule has 1 unspecified atom stereocenters. The van der Waals surface area contributed by atoms with Gasteiger partial charge in [0.2, 0.25) is 0 Å². The first-order valence-corrected chi connectivity index (χ1v) is 8.34. The van der Waals surface area contributed by atoms with Crippen LogP contribution < -0.4 is 0 Å². The number of thioether (sulfide) groups is 1. The average molecular weight is 306 g/mol. The second-order valence-electron chi connectivity index (χ2n) is 4.67. The molecule has 114 valence electrons. The van der Waals surface area contributed by atoms with E-state index in [-0.39, 0.29) is 18.6 Å². The number of amides is 1. The highest BCUT2D eigenvalue weighted by Gasteiger charge is 2.19. The topological polar surface area (TPSA) is 53.4 Å². The van der Waals surface area contributed by atoms with Gasteiger partial charge in [-0.1, -0.05) is 18.8 Å². The minimum Gasteiger partial charge on any atom is -0.395 e. The number of carbonyl (C=O) groups is 1. The molecule has 1 heterocycles. The maximum atomic E-state index is 12.5. The standard InChI is InChI=1S/C16H22N2O2S/c1-4-15(12-21-3)18(2)16(20)14-9-13(10-17-11-14)7-5-6-8-19/h9-11,15,19H,4,6,8,12H2,1-3H3. The molecule has 1 atom stereocenters. The fraction of sp³-hybridized carbons (Fsp3) is 0.500. The van der Waals surface area contributed by atoms with Crippen molar-refractivity contribution in [2.24, 2.45) is 0 Å². The van der Waals surface area contributed by atoms with E-state index in [4.69, 9.17) is 5.11 Å². The third kappa shape index (κ3) is 5.41. The summed E-state index contributed by atoms with van der Waals surface area (Å²) >= 11 is 1.74. The molecule has 0 bridgehead atoms. The Bertz CT molecular complexity index is 522. The molecule has 1 amide bonds. The van der Waals surface area contributed by atoms with Crippen LogP contribution in [0.3, 0.4) is 0 Å². The van der Waals surface area contributed by atoms with Crippen molar-refractivity contribution >= 4 is 17.7 Å². The monoisotopic (exact) mass is 306 g/mol. The molecule has 0 saturated heterocycles. The van der Waals surface area contributed by atoms with Gasteiger partial charge in [-0.15, -0.1) is 0 Å². The Balaban J connectivity index is 2.87. The van der Waals surface area contributed by atoms with Crippen molar-refractivity contribution in [2.45, 2.75) is 25.8 Å². The van der Waals surface area contributed by atoms with Gasteiger partial charge in [-0.2, -0.15) is 11.8 Å². The van der Waals surface area contributed by atoms with Gasteiger partial charge in [0.1, 0.15) is 0 Å². The minimum atomic E-state index is -0.0331. The lowest BCUT2D eigenvalue weighted by molar-refractivity contribution is 0.0743. The Kier molecular flexibility index (Phi) is 7.88. The Morgan fingerprint density at radius 3 is 2.90 bits per heavy atom. The molecule has 0 aliphatic rings. The normalized spacial score (nSPS) is 11.4. The van der Waals surface area contributed by atoms with Gasteiger partial charge < -0.3 is 10.0 Å². The van der Waals surface area contributed by atoms with Crippen molar-refractivity contribution in [2.75, 3.05) is 25.7 Å². The summed E-state index contributed by atoms with van der Waals surface area (Å²) in [6.45, 7) is 2.12. The highest BCUT2D eigenvalue weighted by molar-refractivity contribution is 7.98. The first-order chi connectivity index (χ1) is 10.1. The number of hydrogen-bond acceptors (Lipinski definition) is 4. The lowest BCUT2D eigenvalue weighted by Gasteiger charge is -2.26. The van der Waals surface area contributed by atoms with Crippen LogP contribution >= 0.6 is 11.8 Å². The van der Waals surface area contributed by atoms with E-state index in [1.807, 2.05) is 13.3 Å². The molecule has 5 heteroatoms. The van der Waals surface area contributed by atoms with E-state index in [1.54, 1.807) is 35.1 Å². The number of aliphatic hydroxyl groups is 1. The summed E-state index contributed by atoms with van der Waals surface area (Å²) in [5.41, 5.74) is 1.24. The molecule has 4 nitrogen and oxygen atoms in total. The van der Waals surface area contributed by atoms with E-state index in [9.17, 15) is 4.79 Å². The molecule has 0 aromatic carbocycles. The molecule has 0 spiro atoms. The first kappa shape index (κ1) is 17.5. The van der Waals surface area contributed by atoms with Crippen LogP contribution in [0.5, 0.6) is 0 Å². The molecule has 0 aliphatic heterocycles. The van der Waals surface area contributed by atoms with Crippen molar-refractivity contribution < 1.29 is 9.90 Å². The third-order valence-corrected chi connectivity index (χ3v) is 3.87. The Hall–Kier alpha value is -1.51. The van der Waals surface area contributed by atoms with Gasteiger partial charge in [-0.25, -0.2) is 0 Å². The fourth-order valence-electron chi connectivity index (χ4n) is 1.91. The molecule has 0 fully saturated rings. The molecule has 0 aliphatic carbocycles. The van der Waals surface area contributed by atoms with Crippen LogP contribution in [-0.4, -0.2) is 52.6 Å². The van der Waals surface area contributed by atoms with Crippen LogP contribution in [0.25, 0.3) is 0 Å². The summed E-state index contributed by atoms with van der Waals surface area (Å²) in [7, 11) is 1.83. The van der Waals surface area contributed by atoms with E-state index in [0.29, 0.717) is 17.5 Å². The number of nitrogens with zero attached hydrogens (tertiary/aromatic N) is 2. The van der Waals surface area contributed by atoms with Crippen molar-refractivity contribution in [3.8, 4) is 11.8 Å². The van der Waals surface area contributed by atoms with Crippen LogP contribution in [0.4, 0.5) is 0 Å². The van der Waals surface area contributed by atoms with Crippen LogP contribution in [0.15, 0.2) is 18.5 Å². The summed E-state index contributed by atoms with van der Waals surface area (Å²) in [4.78, 5) is 18.3. The van der Waals surface area contributed by atoms with Crippen LogP contribution in [-0.2, 0) is 0 Å². The van der Waals surface area contributed by atoms with Gasteiger partial charge in [0.15, 0.2) is 0 Å². The van der Waals surface area contributed by atoms with Crippen LogP contribution in [0.1, 0.15) is 35.7 Å². The number of rotatable bonds is 6. The Morgan fingerprint density at radius 1 is 1.52 bits per heavy atom. The van der Waals surface area contributed by atoms with Gasteiger partial charge in [0.25, 0.3) is 5.91 Å². The van der Waals surface area contributed by atoms with Gasteiger partial charge >= 0.3 is 0 Å². The molecule has 1 N–H and O–H groups in total. The smallest absolute Gasteiger partial charge is 0.255 e. The van der Waals surface area contributed by atoms with Crippen molar-refractivity contribution in [1.82, 2.24) is 9.88 Å². The molecular formula is C16H22N2O2S. The maximum absolute atomic E-state index is 12.5. The van der Waals surface area contributed by atoms with Gasteiger partial charge in [0.05, 0.1) is 12.2 Å². The highest BCUT2D eigenvalue weighted by Crippen LogP contribution is 2.13. The molecule has 1 aromatic heterocycles. The quantitative estimate of drug-likeness (QED) is 0.817. The summed E-state index contributed by atoms with van der Waals surface area (Å²) in [5, 5.41) is 8.72. The second kappa shape index (κ2) is 9.43. The van der Waals surface area contributed by atoms with Gasteiger partial charge in [-0.05, 0) is 18.7 Å². The number of pyridine rings is 1. The lowest BCUT2D eigenvalue weighted by Crippen LogP contribution is -2.38. The van der Waals surface area contributed by atoms with Gasteiger partial charge in [0, 0.05) is 43.2 Å². The van der Waals surface area contributed by atoms with E-state index in [1.165, 1.54) is 0 Å². The Morgan fingerprint density at radius 2 is 2.29 bits per heavy atom. The lowest BCUT2D eigenvalue weighted by atomic mass is 10.1. The number of aromatic nitrogens is 1. The fourth-order valence-corrected chi connectivity index (χ4v) is 2.76. The van der Waals surface area contributed by atoms with E-state index in [2.05, 4.69) is 23.7 Å². The van der Waals surface area contributed by atoms with E-state index in [0.717, 1.165) is 12.2 Å². The zero-order valence-electron chi connectivity index (χ0n) is 12.8. The van der Waals surface area contributed by atoms with Crippen molar-refractivity contribution in [1.29, 1.82) is 0 Å². The van der Waals surface area contributed by atoms with E-state index < -0.39 is 0 Å². The summed E-state index contributed by atoms with van der Waals surface area (Å²) < 4.78 is 0. The predicted octanol–water partition coefficient (Wildman–Crippen LogP) is 2.03. The second-order valence-corrected chi connectivity index (χ2v) is 5.58. The third-order valence-electron chi connectivity index (χ3n) is 3.15. The van der Waals surface area contributed by atoms with Crippen molar-refractivity contribution in [3.05, 3.63) is 29.6 Å². The van der Waals surface area contributed by atoms with Crippen LogP contribution in [0.2, 0.25) is 0 Å². The maximum Gasteiger partial charge on any atom is 0.255 e. The number of hydrogen-bond donors (Lipinski definition) is 1. The SMILES string of the molecule is CCC(CSC)N(C)C(=O)c1cncc(C#CCCO)c1. The highest BCUT2D eigenvalue weighted by atomic mass is 32.2. The van der Waals surface area contributed by atoms with Gasteiger partial charge in [-0.3, -0.25) is 9.78 Å². The average Bonchev–Trinajstić information content (AvgIpc) is 2.52. The molecule has 1 aromatic rings. The summed E-state index contributed by atoms with van der Waals surface area (Å²) in [6.07, 6.45) is 6.58. The zero-order valence-corrected chi connectivity index (χ0v) is 13.6. The molecule has 0 radical (unpaired) electrons. The summed E-state index contributed by atoms with van der Waals surface area (Å²) in [6, 6.07) is 1.97. The Labute approximate surface area is 131 Å². The zero-order chi connectivity index (χ0) is 15.7. The van der Waals surface area contributed by atoms with Crippen LogP contribution in [0, 0.1) is 11.8 Å². The molecule has 1 rings (SSSR count). The largest absolute Gasteiger partial charge is 0.395 e. The molecular weight excluding hydrogens is 284 g/mol. The summed E-state index contributed by atoms with van der Waals surface area (Å²) in [5.74, 6) is 6.62. The number of carbonyl (C=O) groups excluding carboxylic acids is 1. The van der Waals surface area contributed by atoms with Crippen molar-refractivity contribution in [3.63, 3.8) is 0 Å². The van der Waals surface area contributed by atoms with E-state index >= 15 is 0 Å². The first-order valence-electron chi connectivity index (χ1n) is 6.94. The molecule has 0 saturated carbocycles. The number of aliphatic hydroxyl groups excluding tert-OH is 1. The minimum absolute atomic E-state index is 0.0331.